The van der Waals surface area contributed by atoms with Gasteiger partial charge in [0, 0.05) is 46.1 Å². The van der Waals surface area contributed by atoms with E-state index in [1.54, 1.807) is 6.92 Å². The first-order valence-corrected chi connectivity index (χ1v) is 8.91. The first kappa shape index (κ1) is 20.0. The number of hydrogen-bond acceptors (Lipinski definition) is 4. The number of carbonyl (C=O) groups excluding carboxylic acids is 2. The monoisotopic (exact) mass is 362 g/mol. The third kappa shape index (κ3) is 6.18. The number of likely N-dealkylation sites (tertiary alicyclic amines) is 1. The van der Waals surface area contributed by atoms with E-state index in [0.717, 1.165) is 12.8 Å². The lowest BCUT2D eigenvalue weighted by molar-refractivity contribution is -0.146. The standard InChI is InChI=1S/C17H28F2N2O4/c1-12(25-11-14-3-9-24-10-4-14)15(20-13(2)22)16(23)21-7-5-17(18,19)6-8-21/h12,14-15H,3-11H2,1-2H3,(H,20,22). The molecule has 6 nitrogen and oxygen atoms in total. The number of ether oxygens (including phenoxy) is 2. The average molecular weight is 362 g/mol. The summed E-state index contributed by atoms with van der Waals surface area (Å²) < 4.78 is 37.7. The van der Waals surface area contributed by atoms with Gasteiger partial charge in [-0.05, 0) is 25.7 Å². The quantitative estimate of drug-likeness (QED) is 0.779. The second-order valence-electron chi connectivity index (χ2n) is 6.95. The van der Waals surface area contributed by atoms with Crippen LogP contribution >= 0.6 is 0 Å². The van der Waals surface area contributed by atoms with Gasteiger partial charge in [-0.15, -0.1) is 0 Å². The highest BCUT2D eigenvalue weighted by Gasteiger charge is 2.39. The van der Waals surface area contributed by atoms with Gasteiger partial charge < -0.3 is 19.7 Å². The molecule has 0 spiro atoms. The van der Waals surface area contributed by atoms with Crippen LogP contribution in [0.1, 0.15) is 39.5 Å². The second-order valence-corrected chi connectivity index (χ2v) is 6.95. The molecule has 2 rings (SSSR count). The summed E-state index contributed by atoms with van der Waals surface area (Å²) in [5.74, 6) is -3.05. The molecule has 0 aromatic rings. The van der Waals surface area contributed by atoms with Crippen LogP contribution in [0.5, 0.6) is 0 Å². The number of amides is 2. The molecule has 2 atom stereocenters. The number of halogens is 2. The molecule has 2 fully saturated rings. The Hall–Kier alpha value is -1.28. The summed E-state index contributed by atoms with van der Waals surface area (Å²) in [7, 11) is 0. The minimum absolute atomic E-state index is 0.00536. The lowest BCUT2D eigenvalue weighted by atomic mass is 10.0. The highest BCUT2D eigenvalue weighted by Crippen LogP contribution is 2.28. The Morgan fingerprint density at radius 2 is 1.88 bits per heavy atom. The third-order valence-corrected chi connectivity index (χ3v) is 4.84. The molecular weight excluding hydrogens is 334 g/mol. The fraction of sp³-hybridized carbons (Fsp3) is 0.882. The smallest absolute Gasteiger partial charge is 0.251 e. The van der Waals surface area contributed by atoms with E-state index in [4.69, 9.17) is 9.47 Å². The third-order valence-electron chi connectivity index (χ3n) is 4.84. The van der Waals surface area contributed by atoms with E-state index in [0.29, 0.717) is 25.7 Å². The van der Waals surface area contributed by atoms with Gasteiger partial charge in [0.15, 0.2) is 0 Å². The average Bonchev–Trinajstić information content (AvgIpc) is 2.58. The molecule has 0 saturated carbocycles. The van der Waals surface area contributed by atoms with Crippen LogP contribution in [0.3, 0.4) is 0 Å². The number of rotatable bonds is 6. The molecule has 0 bridgehead atoms. The first-order valence-electron chi connectivity index (χ1n) is 8.91. The molecule has 144 valence electrons. The molecule has 0 aromatic heterocycles. The molecule has 0 radical (unpaired) electrons. The zero-order valence-corrected chi connectivity index (χ0v) is 14.9. The van der Waals surface area contributed by atoms with Gasteiger partial charge in [0.05, 0.1) is 12.7 Å². The Balaban J connectivity index is 1.91. The van der Waals surface area contributed by atoms with Gasteiger partial charge in [0.1, 0.15) is 6.04 Å². The second kappa shape index (κ2) is 8.89. The fourth-order valence-corrected chi connectivity index (χ4v) is 3.15. The molecule has 2 saturated heterocycles. The first-order chi connectivity index (χ1) is 11.8. The van der Waals surface area contributed by atoms with Gasteiger partial charge in [0.2, 0.25) is 11.8 Å². The Morgan fingerprint density at radius 1 is 1.28 bits per heavy atom. The maximum Gasteiger partial charge on any atom is 0.251 e. The molecule has 2 aliphatic heterocycles. The van der Waals surface area contributed by atoms with E-state index < -0.39 is 18.1 Å². The Bertz CT molecular complexity index is 460. The van der Waals surface area contributed by atoms with Crippen molar-refractivity contribution >= 4 is 11.8 Å². The van der Waals surface area contributed by atoms with Crippen LogP contribution in [0.25, 0.3) is 0 Å². The maximum atomic E-state index is 13.3. The van der Waals surface area contributed by atoms with Crippen molar-refractivity contribution in [2.75, 3.05) is 32.9 Å². The zero-order valence-electron chi connectivity index (χ0n) is 14.9. The Morgan fingerprint density at radius 3 is 2.44 bits per heavy atom. The van der Waals surface area contributed by atoms with Crippen molar-refractivity contribution in [3.05, 3.63) is 0 Å². The molecular formula is C17H28F2N2O4. The van der Waals surface area contributed by atoms with Gasteiger partial charge in [-0.2, -0.15) is 0 Å². The van der Waals surface area contributed by atoms with Crippen LogP contribution in [0, 0.1) is 5.92 Å². The van der Waals surface area contributed by atoms with Crippen LogP contribution in [-0.2, 0) is 19.1 Å². The zero-order chi connectivity index (χ0) is 18.4. The minimum Gasteiger partial charge on any atom is -0.381 e. The fourth-order valence-electron chi connectivity index (χ4n) is 3.15. The van der Waals surface area contributed by atoms with Crippen molar-refractivity contribution in [3.63, 3.8) is 0 Å². The van der Waals surface area contributed by atoms with Crippen LogP contribution in [0.15, 0.2) is 0 Å². The summed E-state index contributed by atoms with van der Waals surface area (Å²) in [4.78, 5) is 25.6. The molecule has 2 heterocycles. The number of nitrogens with one attached hydrogen (secondary N) is 1. The van der Waals surface area contributed by atoms with Crippen molar-refractivity contribution in [1.82, 2.24) is 10.2 Å². The number of carbonyl (C=O) groups is 2. The minimum atomic E-state index is -2.72. The van der Waals surface area contributed by atoms with Crippen molar-refractivity contribution in [2.45, 2.75) is 57.6 Å². The van der Waals surface area contributed by atoms with Crippen molar-refractivity contribution in [2.24, 2.45) is 5.92 Å². The Labute approximate surface area is 147 Å². The molecule has 0 aliphatic carbocycles. The summed E-state index contributed by atoms with van der Waals surface area (Å²) >= 11 is 0. The van der Waals surface area contributed by atoms with E-state index >= 15 is 0 Å². The molecule has 1 N–H and O–H groups in total. The summed E-state index contributed by atoms with van der Waals surface area (Å²) in [6.45, 7) is 4.96. The predicted molar refractivity (Wildman–Crippen MR) is 87.3 cm³/mol. The number of alkyl halides is 2. The SMILES string of the molecule is CC(=O)NC(C(=O)N1CCC(F)(F)CC1)C(C)OCC1CCOCC1. The van der Waals surface area contributed by atoms with E-state index in [1.165, 1.54) is 11.8 Å². The van der Waals surface area contributed by atoms with E-state index in [1.807, 2.05) is 0 Å². The summed E-state index contributed by atoms with van der Waals surface area (Å²) in [6, 6.07) is -0.857. The van der Waals surface area contributed by atoms with Crippen LogP contribution in [0.4, 0.5) is 8.78 Å². The molecule has 8 heteroatoms. The lowest BCUT2D eigenvalue weighted by Gasteiger charge is -2.36. The number of piperidine rings is 1. The molecule has 25 heavy (non-hydrogen) atoms. The summed E-state index contributed by atoms with van der Waals surface area (Å²) in [5, 5.41) is 2.62. The van der Waals surface area contributed by atoms with Crippen molar-refractivity contribution in [3.8, 4) is 0 Å². The molecule has 0 aromatic carbocycles. The lowest BCUT2D eigenvalue weighted by Crippen LogP contribution is -2.56. The van der Waals surface area contributed by atoms with Gasteiger partial charge in [0.25, 0.3) is 5.92 Å². The van der Waals surface area contributed by atoms with Gasteiger partial charge >= 0.3 is 0 Å². The highest BCUT2D eigenvalue weighted by molar-refractivity contribution is 5.87. The molecule has 2 aliphatic rings. The van der Waals surface area contributed by atoms with Gasteiger partial charge in [-0.25, -0.2) is 8.78 Å². The van der Waals surface area contributed by atoms with Crippen LogP contribution < -0.4 is 5.32 Å². The van der Waals surface area contributed by atoms with Crippen LogP contribution in [0.2, 0.25) is 0 Å². The highest BCUT2D eigenvalue weighted by atomic mass is 19.3. The Kier molecular flexibility index (Phi) is 7.13. The molecule has 2 amide bonds. The van der Waals surface area contributed by atoms with Gasteiger partial charge in [-0.1, -0.05) is 0 Å². The van der Waals surface area contributed by atoms with Crippen LogP contribution in [-0.4, -0.2) is 67.7 Å². The van der Waals surface area contributed by atoms with Gasteiger partial charge in [-0.3, -0.25) is 9.59 Å². The number of nitrogens with zero attached hydrogens (tertiary/aromatic N) is 1. The summed E-state index contributed by atoms with van der Waals surface area (Å²) in [6.07, 6.45) is 0.604. The summed E-state index contributed by atoms with van der Waals surface area (Å²) in [5.41, 5.74) is 0. The van der Waals surface area contributed by atoms with E-state index in [2.05, 4.69) is 5.32 Å². The van der Waals surface area contributed by atoms with E-state index in [-0.39, 0.29) is 37.7 Å². The van der Waals surface area contributed by atoms with Crippen molar-refractivity contribution < 1.29 is 27.8 Å². The van der Waals surface area contributed by atoms with Crippen molar-refractivity contribution in [1.29, 1.82) is 0 Å². The topological polar surface area (TPSA) is 67.9 Å². The molecule has 2 unspecified atom stereocenters. The number of hydrogen-bond donors (Lipinski definition) is 1. The predicted octanol–water partition coefficient (Wildman–Crippen LogP) is 1.58. The van der Waals surface area contributed by atoms with E-state index in [9.17, 15) is 18.4 Å². The largest absolute Gasteiger partial charge is 0.381 e. The maximum absolute atomic E-state index is 13.3. The normalized spacial score (nSPS) is 23.8.